The lowest BCUT2D eigenvalue weighted by molar-refractivity contribution is 0.807. The van der Waals surface area contributed by atoms with Gasteiger partial charge in [0.2, 0.25) is 0 Å². The third-order valence-corrected chi connectivity index (χ3v) is 2.49. The molecule has 0 N–H and O–H groups in total. The molecule has 15 heavy (non-hydrogen) atoms. The van der Waals surface area contributed by atoms with Crippen LogP contribution in [0.1, 0.15) is 19.0 Å². The Kier molecular flexibility index (Phi) is 3.07. The predicted molar refractivity (Wildman–Crippen MR) is 62.6 cm³/mol. The van der Waals surface area contributed by atoms with Crippen molar-refractivity contribution in [2.24, 2.45) is 0 Å². The molecule has 0 bridgehead atoms. The highest BCUT2D eigenvalue weighted by atomic mass is 35.5. The van der Waals surface area contributed by atoms with Gasteiger partial charge in [0.15, 0.2) is 0 Å². The summed E-state index contributed by atoms with van der Waals surface area (Å²) in [6, 6.07) is 9.73. The smallest absolute Gasteiger partial charge is 0.0646 e. The minimum absolute atomic E-state index is 0.750. The number of rotatable bonds is 3. The van der Waals surface area contributed by atoms with Crippen molar-refractivity contribution in [3.63, 3.8) is 0 Å². The Bertz CT molecular complexity index is 431. The number of aryl methyl sites for hydroxylation is 1. The number of aromatic nitrogens is 2. The van der Waals surface area contributed by atoms with Crippen molar-refractivity contribution in [3.05, 3.63) is 47.2 Å². The van der Waals surface area contributed by atoms with Gasteiger partial charge in [-0.2, -0.15) is 5.10 Å². The summed E-state index contributed by atoms with van der Waals surface area (Å²) in [6.07, 6.45) is 4.13. The highest BCUT2D eigenvalue weighted by molar-refractivity contribution is 6.30. The number of nitrogens with zero attached hydrogens (tertiary/aromatic N) is 2. The van der Waals surface area contributed by atoms with Crippen molar-refractivity contribution in [3.8, 4) is 5.69 Å². The molecular formula is C12H13ClN2. The molecule has 1 aromatic heterocycles. The summed E-state index contributed by atoms with van der Waals surface area (Å²) in [6.45, 7) is 2.15. The van der Waals surface area contributed by atoms with E-state index in [0.29, 0.717) is 0 Å². The van der Waals surface area contributed by atoms with E-state index < -0.39 is 0 Å². The Balaban J connectivity index is 2.25. The molecule has 0 atom stereocenters. The molecule has 2 aromatic rings. The van der Waals surface area contributed by atoms with Crippen LogP contribution in [0.2, 0.25) is 5.02 Å². The van der Waals surface area contributed by atoms with Crippen LogP contribution in [0.5, 0.6) is 0 Å². The normalized spacial score (nSPS) is 10.5. The van der Waals surface area contributed by atoms with Crippen LogP contribution >= 0.6 is 11.6 Å². The molecule has 0 fully saturated rings. The fourth-order valence-corrected chi connectivity index (χ4v) is 1.61. The van der Waals surface area contributed by atoms with E-state index in [2.05, 4.69) is 18.1 Å². The van der Waals surface area contributed by atoms with Gasteiger partial charge in [0, 0.05) is 11.2 Å². The highest BCUT2D eigenvalue weighted by Crippen LogP contribution is 2.13. The van der Waals surface area contributed by atoms with Gasteiger partial charge in [-0.1, -0.05) is 24.9 Å². The van der Waals surface area contributed by atoms with Gasteiger partial charge in [-0.3, -0.25) is 0 Å². The molecule has 2 rings (SSSR count). The topological polar surface area (TPSA) is 17.8 Å². The zero-order valence-corrected chi connectivity index (χ0v) is 9.41. The van der Waals surface area contributed by atoms with Gasteiger partial charge in [-0.05, 0) is 36.8 Å². The fourth-order valence-electron chi connectivity index (χ4n) is 1.49. The van der Waals surface area contributed by atoms with Gasteiger partial charge < -0.3 is 0 Å². The number of benzene rings is 1. The van der Waals surface area contributed by atoms with E-state index in [1.54, 1.807) is 0 Å². The van der Waals surface area contributed by atoms with Crippen molar-refractivity contribution >= 4 is 11.6 Å². The second-order valence-electron chi connectivity index (χ2n) is 3.48. The van der Waals surface area contributed by atoms with E-state index in [-0.39, 0.29) is 0 Å². The lowest BCUT2D eigenvalue weighted by Crippen LogP contribution is -1.95. The van der Waals surface area contributed by atoms with Crippen molar-refractivity contribution in [1.82, 2.24) is 9.78 Å². The average molecular weight is 221 g/mol. The lowest BCUT2D eigenvalue weighted by Gasteiger charge is -2.00. The molecule has 0 amide bonds. The van der Waals surface area contributed by atoms with Crippen LogP contribution in [0.3, 0.4) is 0 Å². The number of halogens is 1. The van der Waals surface area contributed by atoms with E-state index in [1.807, 2.05) is 35.1 Å². The van der Waals surface area contributed by atoms with Crippen molar-refractivity contribution in [2.75, 3.05) is 0 Å². The Morgan fingerprint density at radius 3 is 2.60 bits per heavy atom. The average Bonchev–Trinajstić information content (AvgIpc) is 2.68. The van der Waals surface area contributed by atoms with E-state index >= 15 is 0 Å². The zero-order chi connectivity index (χ0) is 10.7. The second kappa shape index (κ2) is 4.49. The summed E-state index contributed by atoms with van der Waals surface area (Å²) in [5.41, 5.74) is 2.18. The van der Waals surface area contributed by atoms with Crippen LogP contribution < -0.4 is 0 Å². The van der Waals surface area contributed by atoms with Crippen LogP contribution in [0.15, 0.2) is 36.5 Å². The molecule has 2 nitrogen and oxygen atoms in total. The van der Waals surface area contributed by atoms with Gasteiger partial charge in [-0.15, -0.1) is 0 Å². The van der Waals surface area contributed by atoms with E-state index in [4.69, 9.17) is 11.6 Å². The number of hydrogen-bond acceptors (Lipinski definition) is 1. The fraction of sp³-hybridized carbons (Fsp3) is 0.250. The number of hydrogen-bond donors (Lipinski definition) is 0. The standard InChI is InChI=1S/C12H13ClN2/c1-2-3-11-8-9-15(14-11)12-6-4-10(13)5-7-12/h4-9H,2-3H2,1H3. The van der Waals surface area contributed by atoms with Crippen molar-refractivity contribution in [1.29, 1.82) is 0 Å². The molecule has 0 radical (unpaired) electrons. The van der Waals surface area contributed by atoms with Crippen LogP contribution in [0, 0.1) is 0 Å². The first-order valence-electron chi connectivity index (χ1n) is 5.10. The zero-order valence-electron chi connectivity index (χ0n) is 8.65. The van der Waals surface area contributed by atoms with E-state index in [9.17, 15) is 0 Å². The third-order valence-electron chi connectivity index (χ3n) is 2.24. The van der Waals surface area contributed by atoms with Crippen LogP contribution in [0.25, 0.3) is 5.69 Å². The summed E-state index contributed by atoms with van der Waals surface area (Å²) >= 11 is 5.82. The van der Waals surface area contributed by atoms with Gasteiger partial charge in [0.25, 0.3) is 0 Å². The van der Waals surface area contributed by atoms with Gasteiger partial charge >= 0.3 is 0 Å². The Morgan fingerprint density at radius 1 is 1.20 bits per heavy atom. The predicted octanol–water partition coefficient (Wildman–Crippen LogP) is 3.48. The quantitative estimate of drug-likeness (QED) is 0.775. The molecular weight excluding hydrogens is 208 g/mol. The largest absolute Gasteiger partial charge is 0.241 e. The monoisotopic (exact) mass is 220 g/mol. The minimum Gasteiger partial charge on any atom is -0.241 e. The molecule has 78 valence electrons. The Hall–Kier alpha value is -1.28. The summed E-state index contributed by atoms with van der Waals surface area (Å²) in [5, 5.41) is 5.22. The molecule has 0 unspecified atom stereocenters. The molecule has 0 saturated carbocycles. The minimum atomic E-state index is 0.750. The van der Waals surface area contributed by atoms with Gasteiger partial charge in [0.1, 0.15) is 0 Å². The maximum Gasteiger partial charge on any atom is 0.0646 e. The van der Waals surface area contributed by atoms with Crippen molar-refractivity contribution in [2.45, 2.75) is 19.8 Å². The molecule has 0 aliphatic rings. The Labute approximate surface area is 94.5 Å². The maximum absolute atomic E-state index is 5.82. The lowest BCUT2D eigenvalue weighted by atomic mass is 10.3. The summed E-state index contributed by atoms with van der Waals surface area (Å²) < 4.78 is 1.88. The molecule has 1 aromatic carbocycles. The SMILES string of the molecule is CCCc1ccn(-c2ccc(Cl)cc2)n1. The summed E-state index contributed by atoms with van der Waals surface area (Å²) in [7, 11) is 0. The van der Waals surface area contributed by atoms with Crippen LogP contribution in [0.4, 0.5) is 0 Å². The van der Waals surface area contributed by atoms with Gasteiger partial charge in [-0.25, -0.2) is 4.68 Å². The summed E-state index contributed by atoms with van der Waals surface area (Å²) in [4.78, 5) is 0. The van der Waals surface area contributed by atoms with Gasteiger partial charge in [0.05, 0.1) is 11.4 Å². The molecule has 1 heterocycles. The van der Waals surface area contributed by atoms with Crippen molar-refractivity contribution < 1.29 is 0 Å². The Morgan fingerprint density at radius 2 is 1.93 bits per heavy atom. The second-order valence-corrected chi connectivity index (χ2v) is 3.91. The van der Waals surface area contributed by atoms with E-state index in [0.717, 1.165) is 29.2 Å². The van der Waals surface area contributed by atoms with Crippen LogP contribution in [-0.4, -0.2) is 9.78 Å². The third kappa shape index (κ3) is 2.39. The first-order chi connectivity index (χ1) is 7.29. The molecule has 0 aliphatic heterocycles. The summed E-state index contributed by atoms with van der Waals surface area (Å²) in [5.74, 6) is 0. The molecule has 0 spiro atoms. The van der Waals surface area contributed by atoms with Crippen LogP contribution in [-0.2, 0) is 6.42 Å². The molecule has 0 aliphatic carbocycles. The molecule has 3 heteroatoms. The maximum atomic E-state index is 5.82. The van der Waals surface area contributed by atoms with E-state index in [1.165, 1.54) is 0 Å². The molecule has 0 saturated heterocycles. The first-order valence-corrected chi connectivity index (χ1v) is 5.48. The first kappa shape index (κ1) is 10.2. The highest BCUT2D eigenvalue weighted by Gasteiger charge is 1.99.